The molecule has 6 heteroatoms. The molecule has 0 unspecified atom stereocenters. The van der Waals surface area contributed by atoms with Crippen LogP contribution < -0.4 is 4.72 Å². The molecule has 0 amide bonds. The van der Waals surface area contributed by atoms with E-state index in [0.29, 0.717) is 13.0 Å². The van der Waals surface area contributed by atoms with E-state index in [1.165, 1.54) is 44.9 Å². The summed E-state index contributed by atoms with van der Waals surface area (Å²) in [5, 5.41) is 0. The van der Waals surface area contributed by atoms with Crippen molar-refractivity contribution in [1.29, 1.82) is 0 Å². The molecule has 0 aliphatic rings. The summed E-state index contributed by atoms with van der Waals surface area (Å²) in [7, 11) is -3.26. The van der Waals surface area contributed by atoms with Gasteiger partial charge in [0.05, 0.1) is 18.8 Å². The number of carbonyl (C=O) groups is 1. The molecule has 0 rings (SSSR count). The van der Waals surface area contributed by atoms with Crippen molar-refractivity contribution in [3.05, 3.63) is 0 Å². The lowest BCUT2D eigenvalue weighted by molar-refractivity contribution is -0.142. The van der Waals surface area contributed by atoms with Gasteiger partial charge in [0.15, 0.2) is 0 Å². The third-order valence-electron chi connectivity index (χ3n) is 3.72. The molecule has 138 valence electrons. The SMILES string of the molecule is CCCCCCCCCCCCS(=O)(=O)NCCC(=O)OCC. The summed E-state index contributed by atoms with van der Waals surface area (Å²) in [6.45, 7) is 4.40. The molecule has 1 N–H and O–H groups in total. The Hall–Kier alpha value is -0.620. The Kier molecular flexibility index (Phi) is 14.5. The van der Waals surface area contributed by atoms with Crippen molar-refractivity contribution < 1.29 is 17.9 Å². The van der Waals surface area contributed by atoms with Gasteiger partial charge in [-0.25, -0.2) is 13.1 Å². The maximum absolute atomic E-state index is 11.7. The van der Waals surface area contributed by atoms with E-state index in [1.54, 1.807) is 6.92 Å². The molecule has 0 saturated carbocycles. The van der Waals surface area contributed by atoms with E-state index in [0.717, 1.165) is 12.8 Å². The van der Waals surface area contributed by atoms with E-state index >= 15 is 0 Å². The lowest BCUT2D eigenvalue weighted by Crippen LogP contribution is -2.29. The number of unbranched alkanes of at least 4 members (excludes halogenated alkanes) is 9. The molecule has 0 spiro atoms. The van der Waals surface area contributed by atoms with Crippen LogP contribution in [0.5, 0.6) is 0 Å². The second-order valence-corrected chi connectivity index (χ2v) is 7.88. The third kappa shape index (κ3) is 16.0. The molecular weight excluding hydrogens is 314 g/mol. The second-order valence-electron chi connectivity index (χ2n) is 5.95. The molecule has 0 fully saturated rings. The fourth-order valence-corrected chi connectivity index (χ4v) is 3.54. The maximum Gasteiger partial charge on any atom is 0.307 e. The fraction of sp³-hybridized carbons (Fsp3) is 0.941. The van der Waals surface area contributed by atoms with Crippen LogP contribution in [0.25, 0.3) is 0 Å². The number of hydrogen-bond acceptors (Lipinski definition) is 4. The number of sulfonamides is 1. The molecule has 0 atom stereocenters. The van der Waals surface area contributed by atoms with Crippen molar-refractivity contribution in [1.82, 2.24) is 4.72 Å². The Morgan fingerprint density at radius 3 is 1.91 bits per heavy atom. The Balaban J connectivity index is 3.47. The van der Waals surface area contributed by atoms with Gasteiger partial charge >= 0.3 is 5.97 Å². The van der Waals surface area contributed by atoms with Crippen molar-refractivity contribution in [3.8, 4) is 0 Å². The first-order valence-corrected chi connectivity index (χ1v) is 10.8. The predicted molar refractivity (Wildman–Crippen MR) is 94.9 cm³/mol. The Labute approximate surface area is 142 Å². The number of hydrogen-bond donors (Lipinski definition) is 1. The van der Waals surface area contributed by atoms with Crippen molar-refractivity contribution in [2.24, 2.45) is 0 Å². The highest BCUT2D eigenvalue weighted by molar-refractivity contribution is 7.89. The van der Waals surface area contributed by atoms with Crippen LogP contribution in [-0.4, -0.2) is 33.3 Å². The molecule has 0 saturated heterocycles. The van der Waals surface area contributed by atoms with E-state index in [-0.39, 0.29) is 24.7 Å². The summed E-state index contributed by atoms with van der Waals surface area (Å²) in [6.07, 6.45) is 11.9. The van der Waals surface area contributed by atoms with E-state index in [9.17, 15) is 13.2 Å². The Morgan fingerprint density at radius 1 is 0.870 bits per heavy atom. The Bertz CT molecular complexity index is 382. The van der Waals surface area contributed by atoms with E-state index in [2.05, 4.69) is 11.6 Å². The molecule has 23 heavy (non-hydrogen) atoms. The van der Waals surface area contributed by atoms with Gasteiger partial charge in [-0.2, -0.15) is 0 Å². The highest BCUT2D eigenvalue weighted by Gasteiger charge is 2.10. The van der Waals surface area contributed by atoms with Gasteiger partial charge in [-0.3, -0.25) is 4.79 Å². The summed E-state index contributed by atoms with van der Waals surface area (Å²) in [5.41, 5.74) is 0. The fourth-order valence-electron chi connectivity index (χ4n) is 2.39. The largest absolute Gasteiger partial charge is 0.466 e. The molecule has 0 radical (unpaired) electrons. The highest BCUT2D eigenvalue weighted by Crippen LogP contribution is 2.10. The van der Waals surface area contributed by atoms with Crippen LogP contribution in [0.2, 0.25) is 0 Å². The first kappa shape index (κ1) is 22.4. The standard InChI is InChI=1S/C17H35NO4S/c1-3-5-6-7-8-9-10-11-12-13-16-23(20,21)18-15-14-17(19)22-4-2/h18H,3-16H2,1-2H3. The molecule has 0 aromatic rings. The summed E-state index contributed by atoms with van der Waals surface area (Å²) in [5.74, 6) is -0.221. The van der Waals surface area contributed by atoms with Gasteiger partial charge in [0.2, 0.25) is 10.0 Å². The number of ether oxygens (including phenoxy) is 1. The van der Waals surface area contributed by atoms with Gasteiger partial charge in [0.25, 0.3) is 0 Å². The summed E-state index contributed by atoms with van der Waals surface area (Å²) < 4.78 is 30.7. The molecule has 0 aromatic heterocycles. The van der Waals surface area contributed by atoms with Crippen LogP contribution in [0.1, 0.15) is 84.5 Å². The molecule has 0 heterocycles. The third-order valence-corrected chi connectivity index (χ3v) is 5.19. The predicted octanol–water partition coefficient (Wildman–Crippen LogP) is 3.78. The normalized spacial score (nSPS) is 11.6. The van der Waals surface area contributed by atoms with Crippen molar-refractivity contribution in [2.75, 3.05) is 18.9 Å². The number of rotatable bonds is 16. The Morgan fingerprint density at radius 2 is 1.39 bits per heavy atom. The quantitative estimate of drug-likeness (QED) is 0.340. The monoisotopic (exact) mass is 349 g/mol. The minimum Gasteiger partial charge on any atom is -0.466 e. The average molecular weight is 350 g/mol. The zero-order chi connectivity index (χ0) is 17.4. The maximum atomic E-state index is 11.7. The van der Waals surface area contributed by atoms with Gasteiger partial charge in [-0.05, 0) is 13.3 Å². The number of esters is 1. The highest BCUT2D eigenvalue weighted by atomic mass is 32.2. The zero-order valence-electron chi connectivity index (χ0n) is 14.9. The number of nitrogens with one attached hydrogen (secondary N) is 1. The zero-order valence-corrected chi connectivity index (χ0v) is 15.8. The first-order chi connectivity index (χ1) is 11.0. The van der Waals surface area contributed by atoms with Gasteiger partial charge in [0.1, 0.15) is 0 Å². The molecule has 0 aliphatic heterocycles. The lowest BCUT2D eigenvalue weighted by atomic mass is 10.1. The van der Waals surface area contributed by atoms with E-state index in [1.807, 2.05) is 0 Å². The van der Waals surface area contributed by atoms with Crippen LogP contribution in [0, 0.1) is 0 Å². The molecule has 0 bridgehead atoms. The summed E-state index contributed by atoms with van der Waals surface area (Å²) >= 11 is 0. The van der Waals surface area contributed by atoms with Crippen molar-refractivity contribution >= 4 is 16.0 Å². The number of carbonyl (C=O) groups excluding carboxylic acids is 1. The topological polar surface area (TPSA) is 72.5 Å². The van der Waals surface area contributed by atoms with Crippen molar-refractivity contribution in [2.45, 2.75) is 84.5 Å². The first-order valence-electron chi connectivity index (χ1n) is 9.14. The lowest BCUT2D eigenvalue weighted by Gasteiger charge is -2.06. The molecule has 0 aliphatic carbocycles. The summed E-state index contributed by atoms with van der Waals surface area (Å²) in [4.78, 5) is 11.1. The van der Waals surface area contributed by atoms with Crippen LogP contribution in [-0.2, 0) is 19.6 Å². The van der Waals surface area contributed by atoms with Gasteiger partial charge in [-0.1, -0.05) is 64.7 Å². The average Bonchev–Trinajstić information content (AvgIpc) is 2.49. The molecule has 5 nitrogen and oxygen atoms in total. The minimum absolute atomic E-state index is 0.0884. The second kappa shape index (κ2) is 14.9. The van der Waals surface area contributed by atoms with Gasteiger partial charge in [0, 0.05) is 6.54 Å². The molecular formula is C17H35NO4S. The van der Waals surface area contributed by atoms with E-state index < -0.39 is 10.0 Å². The van der Waals surface area contributed by atoms with Crippen molar-refractivity contribution in [3.63, 3.8) is 0 Å². The minimum atomic E-state index is -3.26. The summed E-state index contributed by atoms with van der Waals surface area (Å²) in [6, 6.07) is 0. The van der Waals surface area contributed by atoms with Crippen LogP contribution in [0.3, 0.4) is 0 Å². The van der Waals surface area contributed by atoms with Crippen LogP contribution >= 0.6 is 0 Å². The van der Waals surface area contributed by atoms with Gasteiger partial charge in [-0.15, -0.1) is 0 Å². The smallest absolute Gasteiger partial charge is 0.307 e. The van der Waals surface area contributed by atoms with Crippen LogP contribution in [0.15, 0.2) is 0 Å². The molecule has 0 aromatic carbocycles. The van der Waals surface area contributed by atoms with Gasteiger partial charge < -0.3 is 4.74 Å². The van der Waals surface area contributed by atoms with Crippen LogP contribution in [0.4, 0.5) is 0 Å². The van der Waals surface area contributed by atoms with E-state index in [4.69, 9.17) is 4.74 Å².